The number of aryl methyl sites for hydroxylation is 2. The summed E-state index contributed by atoms with van der Waals surface area (Å²) in [5, 5.41) is 7.46. The summed E-state index contributed by atoms with van der Waals surface area (Å²) >= 11 is 0. The molecule has 1 amide bonds. The van der Waals surface area contributed by atoms with Crippen LogP contribution in [0.15, 0.2) is 60.7 Å². The summed E-state index contributed by atoms with van der Waals surface area (Å²) in [6, 6.07) is 18.2. The van der Waals surface area contributed by atoms with Gasteiger partial charge in [0.2, 0.25) is 5.88 Å². The predicted octanol–water partition coefficient (Wildman–Crippen LogP) is 4.62. The van der Waals surface area contributed by atoms with E-state index in [0.717, 1.165) is 11.1 Å². The fourth-order valence-electron chi connectivity index (χ4n) is 3.71. The number of hydrogen-bond acceptors (Lipinski definition) is 4. The van der Waals surface area contributed by atoms with Gasteiger partial charge in [0, 0.05) is 30.8 Å². The summed E-state index contributed by atoms with van der Waals surface area (Å²) in [6.45, 7) is 2.15. The minimum atomic E-state index is -2.76. The Balaban J connectivity index is 1.49. The number of carbonyl (C=O) groups excluding carboxylic acids is 1. The van der Waals surface area contributed by atoms with Crippen molar-refractivity contribution < 1.29 is 18.3 Å². The van der Waals surface area contributed by atoms with E-state index in [0.29, 0.717) is 24.2 Å². The zero-order chi connectivity index (χ0) is 23.4. The zero-order valence-electron chi connectivity index (χ0n) is 18.4. The molecular weight excluding hydrogens is 426 g/mol. The Hall–Kier alpha value is -3.81. The van der Waals surface area contributed by atoms with Crippen LogP contribution >= 0.6 is 0 Å². The molecule has 2 aromatic carbocycles. The highest BCUT2D eigenvalue weighted by Crippen LogP contribution is 2.36. The van der Waals surface area contributed by atoms with Gasteiger partial charge in [-0.2, -0.15) is 10.1 Å². The maximum atomic E-state index is 13.9. The normalized spacial score (nSPS) is 11.2. The number of aromatic nitrogens is 3. The first-order valence-corrected chi connectivity index (χ1v) is 10.6. The molecule has 0 bridgehead atoms. The number of nitrogens with one attached hydrogen (secondary N) is 1. The number of fused-ring (bicyclic) bond motifs is 1. The molecule has 4 aromatic rings. The first-order valence-electron chi connectivity index (χ1n) is 10.6. The van der Waals surface area contributed by atoms with Crippen molar-refractivity contribution in [3.05, 3.63) is 77.4 Å². The van der Waals surface area contributed by atoms with Gasteiger partial charge in [0.05, 0.1) is 5.39 Å². The maximum absolute atomic E-state index is 13.9. The lowest BCUT2D eigenvalue weighted by molar-refractivity contribution is -0.123. The van der Waals surface area contributed by atoms with E-state index in [2.05, 4.69) is 15.4 Å². The number of amides is 1. The van der Waals surface area contributed by atoms with Crippen LogP contribution in [0, 0.1) is 6.92 Å². The van der Waals surface area contributed by atoms with Gasteiger partial charge >= 0.3 is 0 Å². The SMILES string of the molecule is Cc1ccccc1CCNC(=O)COc1cc(C(F)F)c2c(-c3ccccc3)nn(C)c2n1. The van der Waals surface area contributed by atoms with Crippen molar-refractivity contribution in [3.8, 4) is 17.1 Å². The lowest BCUT2D eigenvalue weighted by Crippen LogP contribution is -2.30. The second-order valence-electron chi connectivity index (χ2n) is 7.70. The number of pyridine rings is 1. The molecule has 0 atom stereocenters. The summed E-state index contributed by atoms with van der Waals surface area (Å²) in [7, 11) is 1.64. The van der Waals surface area contributed by atoms with Gasteiger partial charge in [-0.05, 0) is 24.5 Å². The second kappa shape index (κ2) is 9.77. The van der Waals surface area contributed by atoms with E-state index in [-0.39, 0.29) is 35.0 Å². The Labute approximate surface area is 190 Å². The second-order valence-corrected chi connectivity index (χ2v) is 7.70. The Morgan fingerprint density at radius 2 is 1.85 bits per heavy atom. The highest BCUT2D eigenvalue weighted by atomic mass is 19.3. The van der Waals surface area contributed by atoms with Crippen molar-refractivity contribution in [1.82, 2.24) is 20.1 Å². The first kappa shape index (κ1) is 22.4. The molecule has 33 heavy (non-hydrogen) atoms. The summed E-state index contributed by atoms with van der Waals surface area (Å²) in [5.74, 6) is -0.395. The van der Waals surface area contributed by atoms with E-state index < -0.39 is 6.43 Å². The highest BCUT2D eigenvalue weighted by molar-refractivity contribution is 5.94. The number of benzene rings is 2. The Morgan fingerprint density at radius 1 is 1.12 bits per heavy atom. The predicted molar refractivity (Wildman–Crippen MR) is 122 cm³/mol. The van der Waals surface area contributed by atoms with Crippen LogP contribution in [0.4, 0.5) is 8.78 Å². The number of nitrogens with zero attached hydrogens (tertiary/aromatic N) is 3. The summed E-state index contributed by atoms with van der Waals surface area (Å²) < 4.78 is 34.8. The lowest BCUT2D eigenvalue weighted by atomic mass is 10.1. The molecular formula is C25H24F2N4O2. The fourth-order valence-corrected chi connectivity index (χ4v) is 3.71. The smallest absolute Gasteiger partial charge is 0.264 e. The van der Waals surface area contributed by atoms with Gasteiger partial charge < -0.3 is 10.1 Å². The average Bonchev–Trinajstić information content (AvgIpc) is 3.15. The Morgan fingerprint density at radius 3 is 2.58 bits per heavy atom. The van der Waals surface area contributed by atoms with Crippen LogP contribution in [-0.4, -0.2) is 33.8 Å². The Kier molecular flexibility index (Phi) is 6.63. The minimum Gasteiger partial charge on any atom is -0.467 e. The molecule has 1 N–H and O–H groups in total. The third-order valence-electron chi connectivity index (χ3n) is 5.41. The molecule has 2 aromatic heterocycles. The summed E-state index contributed by atoms with van der Waals surface area (Å²) in [4.78, 5) is 16.5. The van der Waals surface area contributed by atoms with E-state index in [9.17, 15) is 13.6 Å². The molecule has 0 unspecified atom stereocenters. The number of hydrogen-bond donors (Lipinski definition) is 1. The molecule has 0 saturated carbocycles. The minimum absolute atomic E-state index is 0.0468. The summed E-state index contributed by atoms with van der Waals surface area (Å²) in [6.07, 6.45) is -2.07. The molecule has 2 heterocycles. The third-order valence-corrected chi connectivity index (χ3v) is 5.41. The van der Waals surface area contributed by atoms with Crippen LogP contribution < -0.4 is 10.1 Å². The van der Waals surface area contributed by atoms with Crippen molar-refractivity contribution in [1.29, 1.82) is 0 Å². The Bertz CT molecular complexity index is 1270. The van der Waals surface area contributed by atoms with Gasteiger partial charge in [-0.25, -0.2) is 13.5 Å². The van der Waals surface area contributed by atoms with Crippen molar-refractivity contribution in [3.63, 3.8) is 0 Å². The van der Waals surface area contributed by atoms with E-state index in [1.165, 1.54) is 10.7 Å². The summed E-state index contributed by atoms with van der Waals surface area (Å²) in [5.41, 5.74) is 3.48. The van der Waals surface area contributed by atoms with E-state index in [4.69, 9.17) is 4.74 Å². The number of halogens is 2. The molecule has 8 heteroatoms. The van der Waals surface area contributed by atoms with Gasteiger partial charge in [-0.1, -0.05) is 54.6 Å². The third kappa shape index (κ3) is 5.00. The number of alkyl halides is 2. The van der Waals surface area contributed by atoms with Crippen molar-refractivity contribution >= 4 is 16.9 Å². The molecule has 0 radical (unpaired) electrons. The standard InChI is InChI=1S/C25H24F2N4O2/c1-16-8-6-7-9-17(16)12-13-28-20(32)15-33-21-14-19(24(26)27)22-23(18-10-4-3-5-11-18)30-31(2)25(22)29-21/h3-11,14,24H,12-13,15H2,1-2H3,(H,28,32). The van der Waals surface area contributed by atoms with E-state index in [1.807, 2.05) is 61.5 Å². The fraction of sp³-hybridized carbons (Fsp3) is 0.240. The van der Waals surface area contributed by atoms with Gasteiger partial charge in [0.1, 0.15) is 5.69 Å². The molecule has 0 aliphatic rings. The lowest BCUT2D eigenvalue weighted by Gasteiger charge is -2.10. The van der Waals surface area contributed by atoms with Gasteiger partial charge in [-0.3, -0.25) is 4.79 Å². The number of ether oxygens (including phenoxy) is 1. The van der Waals surface area contributed by atoms with Crippen LogP contribution in [0.2, 0.25) is 0 Å². The van der Waals surface area contributed by atoms with Gasteiger partial charge in [-0.15, -0.1) is 0 Å². The van der Waals surface area contributed by atoms with Crippen LogP contribution in [0.1, 0.15) is 23.1 Å². The van der Waals surface area contributed by atoms with Crippen LogP contribution in [0.5, 0.6) is 5.88 Å². The van der Waals surface area contributed by atoms with Gasteiger partial charge in [0.15, 0.2) is 12.3 Å². The quantitative estimate of drug-likeness (QED) is 0.425. The largest absolute Gasteiger partial charge is 0.467 e. The number of carbonyl (C=O) groups is 1. The molecule has 0 aliphatic heterocycles. The monoisotopic (exact) mass is 450 g/mol. The van der Waals surface area contributed by atoms with Crippen LogP contribution in [0.3, 0.4) is 0 Å². The average molecular weight is 450 g/mol. The molecule has 170 valence electrons. The van der Waals surface area contributed by atoms with Crippen molar-refractivity contribution in [2.45, 2.75) is 19.8 Å². The van der Waals surface area contributed by atoms with Crippen molar-refractivity contribution in [2.24, 2.45) is 7.05 Å². The van der Waals surface area contributed by atoms with E-state index in [1.54, 1.807) is 7.05 Å². The molecule has 0 aliphatic carbocycles. The first-order chi connectivity index (χ1) is 15.9. The van der Waals surface area contributed by atoms with Gasteiger partial charge in [0.25, 0.3) is 12.3 Å². The van der Waals surface area contributed by atoms with Crippen LogP contribution in [0.25, 0.3) is 22.3 Å². The molecule has 4 rings (SSSR count). The molecule has 0 spiro atoms. The van der Waals surface area contributed by atoms with Crippen LogP contribution in [-0.2, 0) is 18.3 Å². The molecule has 0 saturated heterocycles. The topological polar surface area (TPSA) is 69.0 Å². The molecule has 6 nitrogen and oxygen atoms in total. The number of rotatable bonds is 8. The van der Waals surface area contributed by atoms with Crippen molar-refractivity contribution in [2.75, 3.05) is 13.2 Å². The zero-order valence-corrected chi connectivity index (χ0v) is 18.4. The van der Waals surface area contributed by atoms with E-state index >= 15 is 0 Å². The molecule has 0 fully saturated rings. The maximum Gasteiger partial charge on any atom is 0.264 e. The highest BCUT2D eigenvalue weighted by Gasteiger charge is 2.23.